The summed E-state index contributed by atoms with van der Waals surface area (Å²) in [5, 5.41) is 10.1. The molecule has 0 saturated carbocycles. The fraction of sp³-hybridized carbons (Fsp3) is 0.533. The number of likely N-dealkylation sites (N-methyl/N-ethyl adjacent to an activating group) is 1. The Labute approximate surface area is 120 Å². The number of halogens is 1. The zero-order valence-corrected chi connectivity index (χ0v) is 12.7. The highest BCUT2D eigenvalue weighted by molar-refractivity contribution is 6.30. The van der Waals surface area contributed by atoms with E-state index in [4.69, 9.17) is 11.6 Å². The van der Waals surface area contributed by atoms with Crippen molar-refractivity contribution in [2.45, 2.75) is 45.7 Å². The van der Waals surface area contributed by atoms with Crippen LogP contribution in [0.15, 0.2) is 24.3 Å². The molecule has 0 aromatic heterocycles. The lowest BCUT2D eigenvalue weighted by atomic mass is 9.95. The molecule has 19 heavy (non-hydrogen) atoms. The lowest BCUT2D eigenvalue weighted by molar-refractivity contribution is -0.151. The van der Waals surface area contributed by atoms with Gasteiger partial charge in [0, 0.05) is 11.1 Å². The van der Waals surface area contributed by atoms with Crippen LogP contribution in [-0.4, -0.2) is 28.1 Å². The predicted molar refractivity (Wildman–Crippen MR) is 78.6 cm³/mol. The first kappa shape index (κ1) is 16.0. The van der Waals surface area contributed by atoms with Crippen LogP contribution in [0.25, 0.3) is 0 Å². The van der Waals surface area contributed by atoms with Gasteiger partial charge in [0.15, 0.2) is 0 Å². The average Bonchev–Trinajstić information content (AvgIpc) is 2.36. The molecule has 0 radical (unpaired) electrons. The number of nitrogens with zero attached hydrogens (tertiary/aromatic N) is 1. The second-order valence-corrected chi connectivity index (χ2v) is 5.56. The SMILES string of the molecule is CCC(c1ccc(Cl)cc1)N(CC)C(C)(C)C(=O)O. The van der Waals surface area contributed by atoms with Crippen LogP contribution in [0.4, 0.5) is 0 Å². The van der Waals surface area contributed by atoms with Crippen LogP contribution in [0.1, 0.15) is 45.7 Å². The highest BCUT2D eigenvalue weighted by Crippen LogP contribution is 2.31. The molecule has 0 heterocycles. The van der Waals surface area contributed by atoms with E-state index < -0.39 is 11.5 Å². The molecule has 1 rings (SSSR count). The van der Waals surface area contributed by atoms with Crippen LogP contribution in [-0.2, 0) is 4.79 Å². The fourth-order valence-corrected chi connectivity index (χ4v) is 2.58. The molecule has 1 N–H and O–H groups in total. The number of benzene rings is 1. The highest BCUT2D eigenvalue weighted by Gasteiger charge is 2.37. The van der Waals surface area contributed by atoms with E-state index in [-0.39, 0.29) is 6.04 Å². The van der Waals surface area contributed by atoms with Gasteiger partial charge in [-0.1, -0.05) is 37.6 Å². The lowest BCUT2D eigenvalue weighted by Gasteiger charge is -2.40. The summed E-state index contributed by atoms with van der Waals surface area (Å²) in [6.45, 7) is 8.23. The van der Waals surface area contributed by atoms with Gasteiger partial charge >= 0.3 is 5.97 Å². The average molecular weight is 284 g/mol. The van der Waals surface area contributed by atoms with Gasteiger partial charge in [0.25, 0.3) is 0 Å². The maximum atomic E-state index is 11.5. The Balaban J connectivity index is 3.12. The zero-order valence-electron chi connectivity index (χ0n) is 12.0. The molecular formula is C15H22ClNO2. The molecule has 0 aliphatic rings. The third-order valence-electron chi connectivity index (χ3n) is 3.60. The van der Waals surface area contributed by atoms with Gasteiger partial charge in [0.05, 0.1) is 0 Å². The Kier molecular flexibility index (Phi) is 5.39. The number of hydrogen-bond acceptors (Lipinski definition) is 2. The van der Waals surface area contributed by atoms with Crippen molar-refractivity contribution in [2.75, 3.05) is 6.54 Å². The molecule has 1 unspecified atom stereocenters. The Morgan fingerprint density at radius 1 is 1.32 bits per heavy atom. The summed E-state index contributed by atoms with van der Waals surface area (Å²) in [5.74, 6) is -0.804. The van der Waals surface area contributed by atoms with Crippen LogP contribution in [0.3, 0.4) is 0 Å². The van der Waals surface area contributed by atoms with Crippen LogP contribution in [0.5, 0.6) is 0 Å². The van der Waals surface area contributed by atoms with Gasteiger partial charge in [0.2, 0.25) is 0 Å². The second kappa shape index (κ2) is 6.40. The Morgan fingerprint density at radius 3 is 2.21 bits per heavy atom. The minimum atomic E-state index is -0.894. The van der Waals surface area contributed by atoms with Gasteiger partial charge in [-0.3, -0.25) is 9.69 Å². The van der Waals surface area contributed by atoms with Crippen molar-refractivity contribution in [1.82, 2.24) is 4.90 Å². The van der Waals surface area contributed by atoms with Crippen molar-refractivity contribution in [3.63, 3.8) is 0 Å². The summed E-state index contributed by atoms with van der Waals surface area (Å²) in [5.41, 5.74) is 0.206. The van der Waals surface area contributed by atoms with Crippen molar-refractivity contribution in [3.05, 3.63) is 34.9 Å². The maximum absolute atomic E-state index is 11.5. The van der Waals surface area contributed by atoms with Crippen LogP contribution < -0.4 is 0 Å². The van der Waals surface area contributed by atoms with Crippen molar-refractivity contribution >= 4 is 17.6 Å². The Bertz CT molecular complexity index is 428. The number of rotatable bonds is 6. The predicted octanol–water partition coefficient (Wildman–Crippen LogP) is 3.98. The molecule has 1 aromatic rings. The molecular weight excluding hydrogens is 262 g/mol. The number of carboxylic acid groups (broad SMARTS) is 1. The minimum Gasteiger partial charge on any atom is -0.480 e. The quantitative estimate of drug-likeness (QED) is 0.858. The normalized spacial score (nSPS) is 13.6. The minimum absolute atomic E-state index is 0.0772. The van der Waals surface area contributed by atoms with Gasteiger partial charge in [-0.25, -0.2) is 0 Å². The molecule has 0 spiro atoms. The van der Waals surface area contributed by atoms with E-state index in [1.54, 1.807) is 13.8 Å². The second-order valence-electron chi connectivity index (χ2n) is 5.13. The van der Waals surface area contributed by atoms with E-state index in [1.807, 2.05) is 36.1 Å². The molecule has 1 atom stereocenters. The first-order chi connectivity index (χ1) is 8.84. The third kappa shape index (κ3) is 3.48. The monoisotopic (exact) mass is 283 g/mol. The van der Waals surface area contributed by atoms with Gasteiger partial charge in [-0.15, -0.1) is 0 Å². The Hall–Kier alpha value is -1.06. The van der Waals surface area contributed by atoms with Crippen LogP contribution in [0, 0.1) is 0 Å². The van der Waals surface area contributed by atoms with Crippen LogP contribution >= 0.6 is 11.6 Å². The number of aliphatic carboxylic acids is 1. The summed E-state index contributed by atoms with van der Waals surface area (Å²) in [6.07, 6.45) is 0.853. The van der Waals surface area contributed by atoms with Gasteiger partial charge in [-0.05, 0) is 44.5 Å². The maximum Gasteiger partial charge on any atom is 0.323 e. The molecule has 0 aliphatic heterocycles. The summed E-state index contributed by atoms with van der Waals surface area (Å²) in [6, 6.07) is 7.71. The lowest BCUT2D eigenvalue weighted by Crippen LogP contribution is -2.51. The van der Waals surface area contributed by atoms with Crippen molar-refractivity contribution in [1.29, 1.82) is 0 Å². The standard InChI is InChI=1S/C15H22ClNO2/c1-5-13(11-7-9-12(16)10-8-11)17(6-2)15(3,4)14(18)19/h7-10,13H,5-6H2,1-4H3,(H,18,19). The number of hydrogen-bond donors (Lipinski definition) is 1. The molecule has 1 aromatic carbocycles. The smallest absolute Gasteiger partial charge is 0.323 e. The van der Waals surface area contributed by atoms with Gasteiger partial charge in [-0.2, -0.15) is 0 Å². The van der Waals surface area contributed by atoms with Crippen molar-refractivity contribution in [2.24, 2.45) is 0 Å². The summed E-state index contributed by atoms with van der Waals surface area (Å²) in [7, 11) is 0. The fourth-order valence-electron chi connectivity index (χ4n) is 2.45. The van der Waals surface area contributed by atoms with E-state index >= 15 is 0 Å². The van der Waals surface area contributed by atoms with Gasteiger partial charge in [0.1, 0.15) is 5.54 Å². The van der Waals surface area contributed by atoms with E-state index in [1.165, 1.54) is 0 Å². The zero-order chi connectivity index (χ0) is 14.6. The summed E-state index contributed by atoms with van der Waals surface area (Å²) in [4.78, 5) is 13.5. The molecule has 0 amide bonds. The van der Waals surface area contributed by atoms with Crippen LogP contribution in [0.2, 0.25) is 5.02 Å². The number of carbonyl (C=O) groups is 1. The topological polar surface area (TPSA) is 40.5 Å². The molecule has 3 nitrogen and oxygen atoms in total. The van der Waals surface area contributed by atoms with E-state index in [0.717, 1.165) is 12.0 Å². The Morgan fingerprint density at radius 2 is 1.84 bits per heavy atom. The largest absolute Gasteiger partial charge is 0.480 e. The van der Waals surface area contributed by atoms with E-state index in [2.05, 4.69) is 6.92 Å². The van der Waals surface area contributed by atoms with Crippen molar-refractivity contribution in [3.8, 4) is 0 Å². The highest BCUT2D eigenvalue weighted by atomic mass is 35.5. The van der Waals surface area contributed by atoms with E-state index in [9.17, 15) is 9.90 Å². The third-order valence-corrected chi connectivity index (χ3v) is 3.85. The molecule has 0 aliphatic carbocycles. The van der Waals surface area contributed by atoms with Gasteiger partial charge < -0.3 is 5.11 Å². The molecule has 0 bridgehead atoms. The molecule has 106 valence electrons. The van der Waals surface area contributed by atoms with E-state index in [0.29, 0.717) is 11.6 Å². The number of carboxylic acids is 1. The summed E-state index contributed by atoms with van der Waals surface area (Å²) < 4.78 is 0. The first-order valence-electron chi connectivity index (χ1n) is 6.60. The molecule has 0 fully saturated rings. The first-order valence-corrected chi connectivity index (χ1v) is 6.98. The molecule has 4 heteroatoms. The van der Waals surface area contributed by atoms with Crippen molar-refractivity contribution < 1.29 is 9.90 Å². The summed E-state index contributed by atoms with van der Waals surface area (Å²) >= 11 is 5.91. The molecule has 0 saturated heterocycles.